The molecule has 0 amide bonds. The maximum atomic E-state index is 12.1. The monoisotopic (exact) mass is 246 g/mol. The van der Waals surface area contributed by atoms with Gasteiger partial charge >= 0.3 is 0 Å². The Hall–Kier alpha value is -1.38. The molecule has 3 atom stereocenters. The topological polar surface area (TPSA) is 47.3 Å². The van der Waals surface area contributed by atoms with E-state index in [1.165, 1.54) is 6.26 Å². The molecule has 3 rings (SSSR count). The highest BCUT2D eigenvalue weighted by Gasteiger charge is 2.45. The lowest BCUT2D eigenvalue weighted by Gasteiger charge is -2.37. The van der Waals surface area contributed by atoms with Crippen LogP contribution in [-0.4, -0.2) is 11.6 Å². The number of carbonyl (C=O) groups excluding carboxylic acids is 2. The van der Waals surface area contributed by atoms with Gasteiger partial charge in [-0.2, -0.15) is 0 Å². The Bertz CT molecular complexity index is 524. The van der Waals surface area contributed by atoms with Gasteiger partial charge in [-0.05, 0) is 24.2 Å². The van der Waals surface area contributed by atoms with E-state index in [2.05, 4.69) is 13.8 Å². The second-order valence-corrected chi connectivity index (χ2v) is 6.03. The molecular weight excluding hydrogens is 228 g/mol. The standard InChI is InChI=1S/C15H18O3/c1-7(2)9-5-12(16)11-6-18-15-13(11)10(9)4-8(3)14(15)17/h6-10H,4-5H2,1-3H3. The van der Waals surface area contributed by atoms with Crippen LogP contribution >= 0.6 is 0 Å². The SMILES string of the molecule is CC1CC2c3c(coc3C1=O)C(=O)CC2C(C)C. The van der Waals surface area contributed by atoms with E-state index in [-0.39, 0.29) is 17.5 Å². The summed E-state index contributed by atoms with van der Waals surface area (Å²) in [6.45, 7) is 6.27. The van der Waals surface area contributed by atoms with Crippen molar-refractivity contribution in [1.82, 2.24) is 0 Å². The Morgan fingerprint density at radius 2 is 2.06 bits per heavy atom. The largest absolute Gasteiger partial charge is 0.460 e. The van der Waals surface area contributed by atoms with E-state index in [9.17, 15) is 9.59 Å². The van der Waals surface area contributed by atoms with Gasteiger partial charge in [0.05, 0.1) is 5.56 Å². The summed E-state index contributed by atoms with van der Waals surface area (Å²) < 4.78 is 5.40. The van der Waals surface area contributed by atoms with Crippen molar-refractivity contribution < 1.29 is 14.0 Å². The molecule has 0 saturated heterocycles. The first-order chi connectivity index (χ1) is 8.50. The predicted molar refractivity (Wildman–Crippen MR) is 66.8 cm³/mol. The van der Waals surface area contributed by atoms with Gasteiger partial charge in [0.2, 0.25) is 5.78 Å². The summed E-state index contributed by atoms with van der Waals surface area (Å²) in [5.74, 6) is 1.77. The third kappa shape index (κ3) is 1.43. The lowest BCUT2D eigenvalue weighted by molar-refractivity contribution is 0.0828. The molecule has 0 fully saturated rings. The molecule has 0 bridgehead atoms. The maximum absolute atomic E-state index is 12.1. The fourth-order valence-electron chi connectivity index (χ4n) is 3.53. The van der Waals surface area contributed by atoms with Gasteiger partial charge in [-0.15, -0.1) is 0 Å². The van der Waals surface area contributed by atoms with Crippen LogP contribution in [0.3, 0.4) is 0 Å². The first-order valence-corrected chi connectivity index (χ1v) is 6.69. The molecule has 2 aliphatic carbocycles. The molecular formula is C15H18O3. The Balaban J connectivity index is 2.17. The van der Waals surface area contributed by atoms with Crippen molar-refractivity contribution in [3.05, 3.63) is 23.2 Å². The van der Waals surface area contributed by atoms with Crippen molar-refractivity contribution in [1.29, 1.82) is 0 Å². The van der Waals surface area contributed by atoms with Crippen molar-refractivity contribution in [2.75, 3.05) is 0 Å². The zero-order chi connectivity index (χ0) is 13.0. The summed E-state index contributed by atoms with van der Waals surface area (Å²) in [5, 5.41) is 0. The summed E-state index contributed by atoms with van der Waals surface area (Å²) >= 11 is 0. The molecule has 3 unspecified atom stereocenters. The minimum atomic E-state index is 0.0101. The van der Waals surface area contributed by atoms with Crippen LogP contribution in [-0.2, 0) is 0 Å². The molecule has 0 N–H and O–H groups in total. The second kappa shape index (κ2) is 3.81. The summed E-state index contributed by atoms with van der Waals surface area (Å²) in [6, 6.07) is 0. The second-order valence-electron chi connectivity index (χ2n) is 6.03. The van der Waals surface area contributed by atoms with E-state index in [1.54, 1.807) is 0 Å². The van der Waals surface area contributed by atoms with Crippen LogP contribution in [0, 0.1) is 17.8 Å². The number of hydrogen-bond acceptors (Lipinski definition) is 3. The van der Waals surface area contributed by atoms with Crippen LogP contribution in [0.15, 0.2) is 10.7 Å². The van der Waals surface area contributed by atoms with Gasteiger partial charge in [-0.3, -0.25) is 9.59 Å². The van der Waals surface area contributed by atoms with Gasteiger partial charge in [0.25, 0.3) is 0 Å². The summed E-state index contributed by atoms with van der Waals surface area (Å²) in [7, 11) is 0. The molecule has 0 aliphatic heterocycles. The number of hydrogen-bond donors (Lipinski definition) is 0. The zero-order valence-corrected chi connectivity index (χ0v) is 11.0. The highest BCUT2D eigenvalue weighted by Crippen LogP contribution is 2.49. The molecule has 96 valence electrons. The van der Waals surface area contributed by atoms with Gasteiger partial charge in [0.15, 0.2) is 11.5 Å². The van der Waals surface area contributed by atoms with E-state index in [0.717, 1.165) is 12.0 Å². The summed E-state index contributed by atoms with van der Waals surface area (Å²) in [4.78, 5) is 24.2. The van der Waals surface area contributed by atoms with Crippen LogP contribution in [0.1, 0.15) is 66.0 Å². The van der Waals surface area contributed by atoms with Crippen molar-refractivity contribution in [3.63, 3.8) is 0 Å². The quantitative estimate of drug-likeness (QED) is 0.762. The predicted octanol–water partition coefficient (Wildman–Crippen LogP) is 3.44. The first-order valence-electron chi connectivity index (χ1n) is 6.69. The van der Waals surface area contributed by atoms with Crippen molar-refractivity contribution in [2.45, 2.75) is 39.5 Å². The average Bonchev–Trinajstić information content (AvgIpc) is 2.75. The van der Waals surface area contributed by atoms with E-state index < -0.39 is 0 Å². The molecule has 3 nitrogen and oxygen atoms in total. The molecule has 1 aromatic heterocycles. The Morgan fingerprint density at radius 1 is 1.33 bits per heavy atom. The molecule has 0 radical (unpaired) electrons. The Kier molecular flexibility index (Phi) is 2.47. The molecule has 1 aromatic rings. The van der Waals surface area contributed by atoms with Gasteiger partial charge in [-0.25, -0.2) is 0 Å². The zero-order valence-electron chi connectivity index (χ0n) is 11.0. The molecule has 0 spiro atoms. The first kappa shape index (κ1) is 11.7. The van der Waals surface area contributed by atoms with Crippen molar-refractivity contribution >= 4 is 11.6 Å². The van der Waals surface area contributed by atoms with Crippen LogP contribution in [0.5, 0.6) is 0 Å². The smallest absolute Gasteiger partial charge is 0.201 e. The number of rotatable bonds is 1. The van der Waals surface area contributed by atoms with Crippen LogP contribution in [0.4, 0.5) is 0 Å². The number of carbonyl (C=O) groups is 2. The normalized spacial score (nSPS) is 30.8. The van der Waals surface area contributed by atoms with Crippen LogP contribution < -0.4 is 0 Å². The molecule has 3 heteroatoms. The molecule has 2 aliphatic rings. The Morgan fingerprint density at radius 3 is 2.72 bits per heavy atom. The van der Waals surface area contributed by atoms with E-state index in [4.69, 9.17) is 4.42 Å². The lowest BCUT2D eigenvalue weighted by atomic mass is 9.64. The number of furan rings is 1. The fraction of sp³-hybridized carbons (Fsp3) is 0.600. The van der Waals surface area contributed by atoms with Crippen LogP contribution in [0.2, 0.25) is 0 Å². The van der Waals surface area contributed by atoms with Crippen LogP contribution in [0.25, 0.3) is 0 Å². The lowest BCUT2D eigenvalue weighted by Crippen LogP contribution is -2.34. The third-order valence-electron chi connectivity index (χ3n) is 4.57. The number of ketones is 2. The summed E-state index contributed by atoms with van der Waals surface area (Å²) in [6.07, 6.45) is 2.94. The maximum Gasteiger partial charge on any atom is 0.201 e. The fourth-order valence-corrected chi connectivity index (χ4v) is 3.53. The van der Waals surface area contributed by atoms with Gasteiger partial charge < -0.3 is 4.42 Å². The van der Waals surface area contributed by atoms with Crippen molar-refractivity contribution in [2.24, 2.45) is 17.8 Å². The molecule has 18 heavy (non-hydrogen) atoms. The Labute approximate surface area is 107 Å². The van der Waals surface area contributed by atoms with E-state index >= 15 is 0 Å². The van der Waals surface area contributed by atoms with Gasteiger partial charge in [-0.1, -0.05) is 20.8 Å². The average molecular weight is 246 g/mol. The molecule has 1 heterocycles. The highest BCUT2D eigenvalue weighted by atomic mass is 16.3. The van der Waals surface area contributed by atoms with Gasteiger partial charge in [0, 0.05) is 17.9 Å². The third-order valence-corrected chi connectivity index (χ3v) is 4.57. The minimum absolute atomic E-state index is 0.0101. The number of Topliss-reactive ketones (excluding diaryl/α,β-unsaturated/α-hetero) is 2. The highest BCUT2D eigenvalue weighted by molar-refractivity contribution is 6.05. The van der Waals surface area contributed by atoms with Crippen molar-refractivity contribution in [3.8, 4) is 0 Å². The van der Waals surface area contributed by atoms with Gasteiger partial charge in [0.1, 0.15) is 6.26 Å². The molecule has 0 aromatic carbocycles. The molecule has 0 saturated carbocycles. The van der Waals surface area contributed by atoms with E-state index in [1.807, 2.05) is 6.92 Å². The van der Waals surface area contributed by atoms with E-state index in [0.29, 0.717) is 35.5 Å². The minimum Gasteiger partial charge on any atom is -0.460 e. The summed E-state index contributed by atoms with van der Waals surface area (Å²) in [5.41, 5.74) is 1.57.